The second kappa shape index (κ2) is 3.33. The van der Waals surface area contributed by atoms with Crippen LogP contribution < -0.4 is 5.73 Å². The summed E-state index contributed by atoms with van der Waals surface area (Å²) < 4.78 is 0. The molecule has 0 saturated carbocycles. The minimum absolute atomic E-state index is 0.0494. The van der Waals surface area contributed by atoms with Crippen LogP contribution in [0.15, 0.2) is 5.11 Å². The smallest absolute Gasteiger partial charge is 0.0321 e. The van der Waals surface area contributed by atoms with Crippen LogP contribution in [-0.4, -0.2) is 13.1 Å². The van der Waals surface area contributed by atoms with Gasteiger partial charge in [0.2, 0.25) is 0 Å². The summed E-state index contributed by atoms with van der Waals surface area (Å²) in [7, 11) is 0. The summed E-state index contributed by atoms with van der Waals surface area (Å²) in [6, 6.07) is 0. The van der Waals surface area contributed by atoms with E-state index < -0.39 is 0 Å². The first kappa shape index (κ1) is 8.27. The van der Waals surface area contributed by atoms with Crippen LogP contribution >= 0.6 is 0 Å². The van der Waals surface area contributed by atoms with Crippen molar-refractivity contribution < 1.29 is 0 Å². The molecule has 2 N–H and O–H groups in total. The van der Waals surface area contributed by atoms with Crippen LogP contribution in [0.1, 0.15) is 13.8 Å². The van der Waals surface area contributed by atoms with Crippen molar-refractivity contribution >= 4 is 0 Å². The number of hydrogen-bond donors (Lipinski definition) is 1. The fraction of sp³-hybridized carbons (Fsp3) is 1.00. The lowest BCUT2D eigenvalue weighted by Crippen LogP contribution is -2.26. The zero-order chi connectivity index (χ0) is 7.33. The van der Waals surface area contributed by atoms with E-state index in [2.05, 4.69) is 10.0 Å². The molecule has 9 heavy (non-hydrogen) atoms. The molecule has 0 rings (SSSR count). The molecule has 0 aromatic heterocycles. The zero-order valence-corrected chi connectivity index (χ0v) is 5.83. The molecule has 0 aromatic rings. The minimum Gasteiger partial charge on any atom is -0.330 e. The van der Waals surface area contributed by atoms with Gasteiger partial charge in [0.1, 0.15) is 0 Å². The summed E-state index contributed by atoms with van der Waals surface area (Å²) in [5.74, 6) is 0. The van der Waals surface area contributed by atoms with Gasteiger partial charge < -0.3 is 5.73 Å². The van der Waals surface area contributed by atoms with E-state index in [1.54, 1.807) is 0 Å². The van der Waals surface area contributed by atoms with Crippen molar-refractivity contribution in [3.8, 4) is 0 Å². The molecule has 4 nitrogen and oxygen atoms in total. The largest absolute Gasteiger partial charge is 0.330 e. The molecule has 0 aliphatic heterocycles. The third-order valence-corrected chi connectivity index (χ3v) is 1.11. The summed E-state index contributed by atoms with van der Waals surface area (Å²) in [6.45, 7) is 4.94. The molecule has 0 unspecified atom stereocenters. The highest BCUT2D eigenvalue weighted by Crippen LogP contribution is 2.11. The Bertz CT molecular complexity index is 123. The molecule has 0 aromatic carbocycles. The Labute approximate surface area is 54.7 Å². The standard InChI is InChI=1S/C5H12N4/c1-5(2,3-6)4-8-9-7/h3-4,6H2,1-2H3. The normalized spacial score (nSPS) is 10.6. The maximum absolute atomic E-state index is 7.94. The monoisotopic (exact) mass is 128 g/mol. The molecule has 0 saturated heterocycles. The molecule has 52 valence electrons. The van der Waals surface area contributed by atoms with E-state index in [0.29, 0.717) is 13.1 Å². The van der Waals surface area contributed by atoms with Crippen LogP contribution in [0, 0.1) is 5.41 Å². The Balaban J connectivity index is 3.71. The van der Waals surface area contributed by atoms with Crippen LogP contribution in [-0.2, 0) is 0 Å². The predicted molar refractivity (Wildman–Crippen MR) is 36.8 cm³/mol. The second-order valence-electron chi connectivity index (χ2n) is 2.76. The fourth-order valence-electron chi connectivity index (χ4n) is 0.288. The van der Waals surface area contributed by atoms with E-state index in [0.717, 1.165) is 0 Å². The summed E-state index contributed by atoms with van der Waals surface area (Å²) >= 11 is 0. The van der Waals surface area contributed by atoms with Crippen molar-refractivity contribution in [2.24, 2.45) is 16.3 Å². The number of nitrogens with zero attached hydrogens (tertiary/aromatic N) is 3. The molecule has 0 amide bonds. The van der Waals surface area contributed by atoms with Gasteiger partial charge >= 0.3 is 0 Å². The third-order valence-electron chi connectivity index (χ3n) is 1.11. The Kier molecular flexibility index (Phi) is 3.06. The van der Waals surface area contributed by atoms with E-state index in [9.17, 15) is 0 Å². The van der Waals surface area contributed by atoms with Crippen molar-refractivity contribution in [1.82, 2.24) is 0 Å². The summed E-state index contributed by atoms with van der Waals surface area (Å²) in [6.07, 6.45) is 0. The van der Waals surface area contributed by atoms with Gasteiger partial charge in [-0.15, -0.1) is 0 Å². The van der Waals surface area contributed by atoms with Gasteiger partial charge in [0.15, 0.2) is 0 Å². The van der Waals surface area contributed by atoms with Crippen LogP contribution in [0.4, 0.5) is 0 Å². The van der Waals surface area contributed by atoms with Gasteiger partial charge in [-0.3, -0.25) is 0 Å². The number of nitrogens with two attached hydrogens (primary N) is 1. The molecule has 0 spiro atoms. The molecular weight excluding hydrogens is 116 g/mol. The van der Waals surface area contributed by atoms with E-state index >= 15 is 0 Å². The van der Waals surface area contributed by atoms with Crippen LogP contribution in [0.25, 0.3) is 10.4 Å². The topological polar surface area (TPSA) is 74.8 Å². The highest BCUT2D eigenvalue weighted by atomic mass is 15.1. The zero-order valence-electron chi connectivity index (χ0n) is 5.83. The van der Waals surface area contributed by atoms with Crippen molar-refractivity contribution in [2.45, 2.75) is 13.8 Å². The maximum atomic E-state index is 7.94. The Morgan fingerprint density at radius 3 is 2.56 bits per heavy atom. The molecule has 0 aliphatic rings. The fourth-order valence-corrected chi connectivity index (χ4v) is 0.288. The van der Waals surface area contributed by atoms with Crippen LogP contribution in [0.5, 0.6) is 0 Å². The van der Waals surface area contributed by atoms with E-state index in [-0.39, 0.29) is 5.41 Å². The van der Waals surface area contributed by atoms with E-state index in [1.165, 1.54) is 0 Å². The number of hydrogen-bond acceptors (Lipinski definition) is 2. The highest BCUT2D eigenvalue weighted by Gasteiger charge is 2.12. The Morgan fingerprint density at radius 2 is 2.22 bits per heavy atom. The van der Waals surface area contributed by atoms with Gasteiger partial charge in [-0.2, -0.15) is 0 Å². The van der Waals surface area contributed by atoms with Gasteiger partial charge in [0.25, 0.3) is 0 Å². The maximum Gasteiger partial charge on any atom is 0.0321 e. The quantitative estimate of drug-likeness (QED) is 0.347. The Morgan fingerprint density at radius 1 is 1.67 bits per heavy atom. The van der Waals surface area contributed by atoms with Crippen molar-refractivity contribution in [1.29, 1.82) is 0 Å². The SMILES string of the molecule is CC(C)(CN)CN=[N+]=[N-]. The third kappa shape index (κ3) is 3.82. The van der Waals surface area contributed by atoms with Gasteiger partial charge in [-0.1, -0.05) is 19.0 Å². The molecule has 0 atom stereocenters. The first-order chi connectivity index (χ1) is 4.12. The summed E-state index contributed by atoms with van der Waals surface area (Å²) in [5.41, 5.74) is 13.3. The van der Waals surface area contributed by atoms with Gasteiger partial charge in [0.05, 0.1) is 0 Å². The number of azide groups is 1. The average molecular weight is 128 g/mol. The molecule has 0 heterocycles. The van der Waals surface area contributed by atoms with E-state index in [4.69, 9.17) is 11.3 Å². The van der Waals surface area contributed by atoms with Gasteiger partial charge in [0, 0.05) is 11.5 Å². The lowest BCUT2D eigenvalue weighted by Gasteiger charge is -2.18. The van der Waals surface area contributed by atoms with Crippen LogP contribution in [0.2, 0.25) is 0 Å². The number of rotatable bonds is 3. The first-order valence-electron chi connectivity index (χ1n) is 2.83. The van der Waals surface area contributed by atoms with Gasteiger partial charge in [-0.05, 0) is 17.5 Å². The second-order valence-corrected chi connectivity index (χ2v) is 2.76. The van der Waals surface area contributed by atoms with Crippen molar-refractivity contribution in [3.63, 3.8) is 0 Å². The van der Waals surface area contributed by atoms with Gasteiger partial charge in [-0.25, -0.2) is 0 Å². The highest BCUT2D eigenvalue weighted by molar-refractivity contribution is 4.71. The molecule has 0 bridgehead atoms. The average Bonchev–Trinajstić information content (AvgIpc) is 1.84. The Hall–Kier alpha value is -0.730. The lowest BCUT2D eigenvalue weighted by molar-refractivity contribution is 0.392. The molecule has 4 heteroatoms. The molecule has 0 aliphatic carbocycles. The lowest BCUT2D eigenvalue weighted by atomic mass is 9.94. The molecular formula is C5H12N4. The predicted octanol–water partition coefficient (Wildman–Crippen LogP) is 1.28. The first-order valence-corrected chi connectivity index (χ1v) is 2.83. The molecule has 0 fully saturated rings. The summed E-state index contributed by atoms with van der Waals surface area (Å²) in [5, 5.41) is 3.41. The van der Waals surface area contributed by atoms with Crippen molar-refractivity contribution in [2.75, 3.05) is 13.1 Å². The van der Waals surface area contributed by atoms with Crippen LogP contribution in [0.3, 0.4) is 0 Å². The van der Waals surface area contributed by atoms with E-state index in [1.807, 2.05) is 13.8 Å². The molecule has 0 radical (unpaired) electrons. The minimum atomic E-state index is -0.0494. The van der Waals surface area contributed by atoms with Crippen molar-refractivity contribution in [3.05, 3.63) is 10.4 Å². The summed E-state index contributed by atoms with van der Waals surface area (Å²) in [4.78, 5) is 2.64.